The first-order valence-corrected chi connectivity index (χ1v) is 12.3. The van der Waals surface area contributed by atoms with Gasteiger partial charge in [-0.05, 0) is 53.4 Å². The minimum atomic E-state index is -3.65. The molecule has 2 aromatic heterocycles. The largest absolute Gasteiger partial charge is 0.338 e. The van der Waals surface area contributed by atoms with Gasteiger partial charge in [-0.25, -0.2) is 13.4 Å². The van der Waals surface area contributed by atoms with Crippen molar-refractivity contribution in [2.75, 3.05) is 4.72 Å². The Labute approximate surface area is 194 Å². The normalized spacial score (nSPS) is 12.3. The fourth-order valence-corrected chi connectivity index (χ4v) is 5.31. The van der Waals surface area contributed by atoms with E-state index < -0.39 is 16.1 Å². The monoisotopic (exact) mass is 486 g/mol. The van der Waals surface area contributed by atoms with E-state index in [1.165, 1.54) is 6.07 Å². The second kappa shape index (κ2) is 9.15. The number of nitrogens with one attached hydrogen (secondary N) is 2. The summed E-state index contributed by atoms with van der Waals surface area (Å²) in [4.78, 5) is 17.4. The molecule has 0 fully saturated rings. The van der Waals surface area contributed by atoms with Gasteiger partial charge in [-0.1, -0.05) is 29.8 Å². The van der Waals surface area contributed by atoms with E-state index in [0.717, 1.165) is 16.9 Å². The maximum absolute atomic E-state index is 13.0. The molecule has 0 aliphatic carbocycles. The summed E-state index contributed by atoms with van der Waals surface area (Å²) in [5, 5.41) is 5.29. The second-order valence-corrected chi connectivity index (χ2v) is 10.3. The summed E-state index contributed by atoms with van der Waals surface area (Å²) in [7, 11) is -1.80. The third-order valence-electron chi connectivity index (χ3n) is 4.75. The zero-order valence-corrected chi connectivity index (χ0v) is 19.3. The Morgan fingerprint density at radius 2 is 1.81 bits per heavy atom. The van der Waals surface area contributed by atoms with Crippen LogP contribution in [-0.2, 0) is 17.1 Å². The number of nitrogens with zero attached hydrogens (tertiary/aromatic N) is 2. The number of anilines is 1. The van der Waals surface area contributed by atoms with Crippen LogP contribution in [0.4, 0.5) is 5.69 Å². The number of halogens is 1. The predicted molar refractivity (Wildman–Crippen MR) is 126 cm³/mol. The number of benzene rings is 2. The highest BCUT2D eigenvalue weighted by Crippen LogP contribution is 2.24. The van der Waals surface area contributed by atoms with Gasteiger partial charge >= 0.3 is 0 Å². The Kier molecular flexibility index (Phi) is 6.31. The number of carbonyl (C=O) groups excluding carboxylic acids is 1. The SMILES string of the molecule is Cn1ccnc1C(NC(=O)c1ccc(NS(=O)(=O)c2cccs2)cc1)c1ccc(Cl)cc1. The number of hydrogen-bond donors (Lipinski definition) is 2. The van der Waals surface area contributed by atoms with Gasteiger partial charge in [0.1, 0.15) is 16.1 Å². The summed E-state index contributed by atoms with van der Waals surface area (Å²) in [5.41, 5.74) is 1.59. The lowest BCUT2D eigenvalue weighted by molar-refractivity contribution is 0.0941. The number of aryl methyl sites for hydroxylation is 1. The molecule has 1 amide bonds. The first-order valence-electron chi connectivity index (χ1n) is 9.53. The molecular formula is C22H19ClN4O3S2. The van der Waals surface area contributed by atoms with Crippen molar-refractivity contribution < 1.29 is 13.2 Å². The van der Waals surface area contributed by atoms with Crippen LogP contribution >= 0.6 is 22.9 Å². The Hall–Kier alpha value is -3.14. The topological polar surface area (TPSA) is 93.1 Å². The number of thiophene rings is 1. The van der Waals surface area contributed by atoms with Crippen molar-refractivity contribution >= 4 is 44.6 Å². The van der Waals surface area contributed by atoms with Gasteiger partial charge in [0.2, 0.25) is 0 Å². The summed E-state index contributed by atoms with van der Waals surface area (Å²) < 4.78 is 29.3. The maximum atomic E-state index is 13.0. The average molecular weight is 487 g/mol. The summed E-state index contributed by atoms with van der Waals surface area (Å²) in [6, 6.07) is 16.1. The molecule has 32 heavy (non-hydrogen) atoms. The number of imidazole rings is 1. The predicted octanol–water partition coefficient (Wildman–Crippen LogP) is 4.46. The van der Waals surface area contributed by atoms with Crippen LogP contribution in [0.3, 0.4) is 0 Å². The van der Waals surface area contributed by atoms with Gasteiger partial charge in [-0.2, -0.15) is 0 Å². The Morgan fingerprint density at radius 3 is 2.41 bits per heavy atom. The van der Waals surface area contributed by atoms with E-state index in [1.54, 1.807) is 60.2 Å². The zero-order valence-electron chi connectivity index (χ0n) is 16.9. The molecule has 0 saturated carbocycles. The van der Waals surface area contributed by atoms with Gasteiger partial charge in [0, 0.05) is 35.7 Å². The van der Waals surface area contributed by atoms with E-state index in [-0.39, 0.29) is 10.1 Å². The molecule has 2 aromatic carbocycles. The van der Waals surface area contributed by atoms with Gasteiger partial charge < -0.3 is 9.88 Å². The van der Waals surface area contributed by atoms with Crippen molar-refractivity contribution in [2.45, 2.75) is 10.3 Å². The maximum Gasteiger partial charge on any atom is 0.271 e. The zero-order chi connectivity index (χ0) is 22.7. The highest BCUT2D eigenvalue weighted by Gasteiger charge is 2.22. The molecule has 1 unspecified atom stereocenters. The quantitative estimate of drug-likeness (QED) is 0.403. The number of rotatable bonds is 7. The molecule has 2 N–H and O–H groups in total. The third kappa shape index (κ3) is 4.85. The first-order chi connectivity index (χ1) is 15.3. The van der Waals surface area contributed by atoms with Crippen molar-refractivity contribution in [2.24, 2.45) is 7.05 Å². The van der Waals surface area contributed by atoms with E-state index in [1.807, 2.05) is 23.7 Å². The van der Waals surface area contributed by atoms with Gasteiger partial charge in [0.15, 0.2) is 0 Å². The van der Waals surface area contributed by atoms with Crippen LogP contribution in [0.25, 0.3) is 0 Å². The average Bonchev–Trinajstić information content (AvgIpc) is 3.45. The van der Waals surface area contributed by atoms with E-state index in [2.05, 4.69) is 15.0 Å². The van der Waals surface area contributed by atoms with E-state index in [0.29, 0.717) is 22.1 Å². The van der Waals surface area contributed by atoms with E-state index in [9.17, 15) is 13.2 Å². The summed E-state index contributed by atoms with van der Waals surface area (Å²) in [5.74, 6) is 0.349. The van der Waals surface area contributed by atoms with Crippen LogP contribution in [0.1, 0.15) is 27.8 Å². The lowest BCUT2D eigenvalue weighted by Gasteiger charge is -2.19. The van der Waals surface area contributed by atoms with Crippen LogP contribution in [-0.4, -0.2) is 23.9 Å². The summed E-state index contributed by atoms with van der Waals surface area (Å²) >= 11 is 7.14. The van der Waals surface area contributed by atoms with E-state index in [4.69, 9.17) is 11.6 Å². The minimum absolute atomic E-state index is 0.222. The highest BCUT2D eigenvalue weighted by molar-refractivity contribution is 7.94. The standard InChI is InChI=1S/C22H19ClN4O3S2/c1-27-13-12-24-21(27)20(15-4-8-17(23)9-5-15)25-22(28)16-6-10-18(11-7-16)26-32(29,30)19-3-2-14-31-19/h2-14,20,26H,1H3,(H,25,28). The van der Waals surface area contributed by atoms with Gasteiger partial charge in [0.25, 0.3) is 15.9 Å². The molecule has 0 saturated heterocycles. The highest BCUT2D eigenvalue weighted by atomic mass is 35.5. The number of carbonyl (C=O) groups is 1. The molecule has 1 atom stereocenters. The van der Waals surface area contributed by atoms with E-state index >= 15 is 0 Å². The van der Waals surface area contributed by atoms with Crippen LogP contribution < -0.4 is 10.0 Å². The Morgan fingerprint density at radius 1 is 1.09 bits per heavy atom. The molecule has 0 aliphatic rings. The number of aromatic nitrogens is 2. The molecule has 7 nitrogen and oxygen atoms in total. The minimum Gasteiger partial charge on any atom is -0.338 e. The molecule has 4 aromatic rings. The second-order valence-electron chi connectivity index (χ2n) is 6.97. The first kappa shape index (κ1) is 22.1. The lowest BCUT2D eigenvalue weighted by atomic mass is 10.1. The van der Waals surface area contributed by atoms with Crippen molar-refractivity contribution in [3.63, 3.8) is 0 Å². The fraction of sp³-hybridized carbons (Fsp3) is 0.0909. The molecular weight excluding hydrogens is 468 g/mol. The Bertz CT molecular complexity index is 1320. The third-order valence-corrected chi connectivity index (χ3v) is 7.79. The van der Waals surface area contributed by atoms with Crippen molar-refractivity contribution in [1.82, 2.24) is 14.9 Å². The van der Waals surface area contributed by atoms with Crippen LogP contribution in [0.2, 0.25) is 5.02 Å². The molecule has 0 bridgehead atoms. The van der Waals surface area contributed by atoms with Crippen LogP contribution in [0, 0.1) is 0 Å². The number of sulfonamides is 1. The number of hydrogen-bond acceptors (Lipinski definition) is 5. The summed E-state index contributed by atoms with van der Waals surface area (Å²) in [6.07, 6.45) is 3.47. The van der Waals surface area contributed by atoms with Crippen molar-refractivity contribution in [1.29, 1.82) is 0 Å². The van der Waals surface area contributed by atoms with Gasteiger partial charge in [0.05, 0.1) is 0 Å². The molecule has 0 spiro atoms. The molecule has 0 radical (unpaired) electrons. The van der Waals surface area contributed by atoms with Crippen LogP contribution in [0.5, 0.6) is 0 Å². The summed E-state index contributed by atoms with van der Waals surface area (Å²) in [6.45, 7) is 0. The van der Waals surface area contributed by atoms with Crippen molar-refractivity contribution in [3.8, 4) is 0 Å². The molecule has 0 aliphatic heterocycles. The smallest absolute Gasteiger partial charge is 0.271 e. The molecule has 10 heteroatoms. The molecule has 4 rings (SSSR count). The lowest BCUT2D eigenvalue weighted by Crippen LogP contribution is -2.31. The van der Waals surface area contributed by atoms with Gasteiger partial charge in [-0.15, -0.1) is 11.3 Å². The van der Waals surface area contributed by atoms with Gasteiger partial charge in [-0.3, -0.25) is 9.52 Å². The fourth-order valence-electron chi connectivity index (χ4n) is 3.13. The van der Waals surface area contributed by atoms with Crippen molar-refractivity contribution in [3.05, 3.63) is 100 Å². The molecule has 2 heterocycles. The van der Waals surface area contributed by atoms with Crippen LogP contribution in [0.15, 0.2) is 82.6 Å². The molecule has 164 valence electrons. The number of amides is 1. The Balaban J connectivity index is 1.54.